The molecule has 1 aromatic heterocycles. The molecule has 0 bridgehead atoms. The molecule has 1 fully saturated rings. The Morgan fingerprint density at radius 3 is 2.53 bits per heavy atom. The summed E-state index contributed by atoms with van der Waals surface area (Å²) in [5, 5.41) is 3.66. The standard InChI is InChI=1S/C27H24BrF3N2O4S/c1-27(11-12-38(35,36)15-27)32-25(34)17-5-10-21-22(14-17)33(19-8-6-18(29)7-9-19)24(28)23(21)16-3-2-4-20(13-16)37-26(30)31/h2-10,13-14,26,35-36H,11-12,15H2,1H3,(H,32,34). The average Bonchev–Trinajstić information content (AvgIpc) is 3.29. The summed E-state index contributed by atoms with van der Waals surface area (Å²) in [4.78, 5) is 13.2. The molecule has 5 rings (SSSR count). The number of aromatic nitrogens is 1. The molecular formula is C27H24BrF3N2O4S. The number of carbonyl (C=O) groups excluding carboxylic acids is 1. The number of hydrogen-bond donors (Lipinski definition) is 3. The Balaban J connectivity index is 1.63. The van der Waals surface area contributed by atoms with Crippen molar-refractivity contribution < 1.29 is 31.8 Å². The molecule has 6 nitrogen and oxygen atoms in total. The Hall–Kier alpha value is -2.99. The number of halogens is 4. The Kier molecular flexibility index (Phi) is 6.97. The van der Waals surface area contributed by atoms with Crippen LogP contribution in [-0.4, -0.2) is 43.2 Å². The fourth-order valence-corrected chi connectivity index (χ4v) is 7.83. The zero-order valence-corrected chi connectivity index (χ0v) is 22.5. The van der Waals surface area contributed by atoms with Crippen molar-refractivity contribution in [2.45, 2.75) is 25.5 Å². The maximum Gasteiger partial charge on any atom is 0.387 e. The molecule has 1 unspecified atom stereocenters. The van der Waals surface area contributed by atoms with Crippen LogP contribution < -0.4 is 10.1 Å². The van der Waals surface area contributed by atoms with Crippen LogP contribution in [0.1, 0.15) is 23.7 Å². The first-order valence-electron chi connectivity index (χ1n) is 11.7. The molecular weight excluding hydrogens is 585 g/mol. The Bertz CT molecular complexity index is 1530. The lowest BCUT2D eigenvalue weighted by Crippen LogP contribution is -2.46. The normalized spacial score (nSPS) is 19.6. The van der Waals surface area contributed by atoms with Crippen molar-refractivity contribution in [1.82, 2.24) is 9.88 Å². The van der Waals surface area contributed by atoms with Crippen molar-refractivity contribution in [2.75, 3.05) is 11.5 Å². The second kappa shape index (κ2) is 9.96. The highest BCUT2D eigenvalue weighted by atomic mass is 79.9. The van der Waals surface area contributed by atoms with Crippen LogP contribution in [0.25, 0.3) is 27.7 Å². The van der Waals surface area contributed by atoms with Gasteiger partial charge in [0.2, 0.25) is 0 Å². The summed E-state index contributed by atoms with van der Waals surface area (Å²) < 4.78 is 66.5. The number of carbonyl (C=O) groups is 1. The van der Waals surface area contributed by atoms with Crippen molar-refractivity contribution in [3.05, 3.63) is 82.7 Å². The summed E-state index contributed by atoms with van der Waals surface area (Å²) in [6, 6.07) is 17.2. The van der Waals surface area contributed by atoms with E-state index >= 15 is 0 Å². The molecule has 3 aromatic carbocycles. The van der Waals surface area contributed by atoms with Gasteiger partial charge in [-0.1, -0.05) is 18.2 Å². The van der Waals surface area contributed by atoms with Crippen LogP contribution in [0.3, 0.4) is 0 Å². The summed E-state index contributed by atoms with van der Waals surface area (Å²) in [7, 11) is -2.72. The average molecular weight is 609 g/mol. The fraction of sp³-hybridized carbons (Fsp3) is 0.222. The van der Waals surface area contributed by atoms with Gasteiger partial charge in [0.05, 0.1) is 21.4 Å². The van der Waals surface area contributed by atoms with E-state index in [2.05, 4.69) is 26.0 Å². The first kappa shape index (κ1) is 26.6. The number of rotatable bonds is 6. The van der Waals surface area contributed by atoms with Crippen molar-refractivity contribution in [3.8, 4) is 22.6 Å². The molecule has 4 aromatic rings. The number of benzene rings is 3. The molecule has 0 saturated carbocycles. The van der Waals surface area contributed by atoms with Gasteiger partial charge >= 0.3 is 6.61 Å². The SMILES string of the molecule is CC1(NC(=O)c2ccc3c(-c4cccc(OC(F)F)c4)c(Br)n(-c4ccc(F)cc4)c3c2)CCS(O)(O)C1. The van der Waals surface area contributed by atoms with E-state index in [0.29, 0.717) is 44.3 Å². The van der Waals surface area contributed by atoms with Crippen LogP contribution in [0.2, 0.25) is 0 Å². The predicted molar refractivity (Wildman–Crippen MR) is 146 cm³/mol. The molecule has 11 heteroatoms. The third-order valence-electron chi connectivity index (χ3n) is 6.55. The number of ether oxygens (including phenoxy) is 1. The van der Waals surface area contributed by atoms with Crippen molar-refractivity contribution >= 4 is 43.3 Å². The molecule has 0 radical (unpaired) electrons. The van der Waals surface area contributed by atoms with Crippen LogP contribution in [0.4, 0.5) is 13.2 Å². The minimum Gasteiger partial charge on any atom is -0.435 e. The molecule has 200 valence electrons. The van der Waals surface area contributed by atoms with Crippen LogP contribution >= 0.6 is 26.5 Å². The van der Waals surface area contributed by atoms with Crippen LogP contribution in [0.15, 0.2) is 71.3 Å². The molecule has 2 heterocycles. The Labute approximate surface area is 226 Å². The molecule has 0 aliphatic carbocycles. The van der Waals surface area contributed by atoms with Crippen molar-refractivity contribution in [1.29, 1.82) is 0 Å². The van der Waals surface area contributed by atoms with E-state index in [-0.39, 0.29) is 23.2 Å². The third kappa shape index (κ3) is 5.28. The predicted octanol–water partition coefficient (Wildman–Crippen LogP) is 7.44. The van der Waals surface area contributed by atoms with Crippen molar-refractivity contribution in [2.24, 2.45) is 0 Å². The first-order chi connectivity index (χ1) is 17.9. The van der Waals surface area contributed by atoms with Crippen LogP contribution in [0.5, 0.6) is 5.75 Å². The van der Waals surface area contributed by atoms with Gasteiger partial charge in [-0.15, -0.1) is 0 Å². The second-order valence-corrected chi connectivity index (χ2v) is 12.6. The van der Waals surface area contributed by atoms with Gasteiger partial charge in [0.25, 0.3) is 5.91 Å². The van der Waals surface area contributed by atoms with E-state index in [0.717, 1.165) is 0 Å². The van der Waals surface area contributed by atoms with Crippen LogP contribution in [-0.2, 0) is 0 Å². The summed E-state index contributed by atoms with van der Waals surface area (Å²) in [5.74, 6) is -0.454. The van der Waals surface area contributed by atoms with Gasteiger partial charge < -0.3 is 14.6 Å². The minimum absolute atomic E-state index is 0.00106. The highest BCUT2D eigenvalue weighted by Crippen LogP contribution is 2.50. The van der Waals surface area contributed by atoms with Gasteiger partial charge in [0.1, 0.15) is 11.6 Å². The first-order valence-corrected chi connectivity index (χ1v) is 14.3. The number of amides is 1. The van der Waals surface area contributed by atoms with Crippen LogP contribution in [0, 0.1) is 5.82 Å². The largest absolute Gasteiger partial charge is 0.435 e. The quantitative estimate of drug-likeness (QED) is 0.212. The molecule has 1 aliphatic rings. The summed E-state index contributed by atoms with van der Waals surface area (Å²) >= 11 is 3.64. The maximum absolute atomic E-state index is 13.7. The topological polar surface area (TPSA) is 83.7 Å². The molecule has 1 saturated heterocycles. The molecule has 1 aliphatic heterocycles. The summed E-state index contributed by atoms with van der Waals surface area (Å²) in [5.41, 5.74) is 2.10. The second-order valence-electron chi connectivity index (χ2n) is 9.53. The number of fused-ring (bicyclic) bond motifs is 1. The molecule has 0 spiro atoms. The lowest BCUT2D eigenvalue weighted by molar-refractivity contribution is -0.0498. The van der Waals surface area contributed by atoms with Gasteiger partial charge in [-0.2, -0.15) is 19.4 Å². The Morgan fingerprint density at radius 1 is 1.13 bits per heavy atom. The number of nitrogens with one attached hydrogen (secondary N) is 1. The van der Waals surface area contributed by atoms with E-state index in [1.807, 2.05) is 0 Å². The lowest BCUT2D eigenvalue weighted by atomic mass is 10.0. The van der Waals surface area contributed by atoms with Gasteiger partial charge in [0.15, 0.2) is 0 Å². The highest BCUT2D eigenvalue weighted by Gasteiger charge is 2.39. The van der Waals surface area contributed by atoms with Crippen molar-refractivity contribution in [3.63, 3.8) is 0 Å². The summed E-state index contributed by atoms with van der Waals surface area (Å²) in [6.45, 7) is -1.19. The number of alkyl halides is 2. The molecule has 1 amide bonds. The minimum atomic E-state index is -2.97. The zero-order chi connectivity index (χ0) is 27.2. The monoisotopic (exact) mass is 608 g/mol. The van der Waals surface area contributed by atoms with Gasteiger partial charge in [-0.3, -0.25) is 13.9 Å². The van der Waals surface area contributed by atoms with E-state index in [4.69, 9.17) is 0 Å². The number of nitrogens with zero attached hydrogens (tertiary/aromatic N) is 1. The fourth-order valence-electron chi connectivity index (χ4n) is 4.83. The van der Waals surface area contributed by atoms with E-state index in [1.165, 1.54) is 24.3 Å². The highest BCUT2D eigenvalue weighted by molar-refractivity contribution is 9.10. The zero-order valence-electron chi connectivity index (χ0n) is 20.1. The van der Waals surface area contributed by atoms with E-state index < -0.39 is 28.6 Å². The van der Waals surface area contributed by atoms with E-state index in [9.17, 15) is 27.1 Å². The molecule has 3 N–H and O–H groups in total. The maximum atomic E-state index is 13.7. The number of hydrogen-bond acceptors (Lipinski definition) is 4. The Morgan fingerprint density at radius 2 is 1.87 bits per heavy atom. The van der Waals surface area contributed by atoms with E-state index in [1.54, 1.807) is 54.0 Å². The van der Waals surface area contributed by atoms with Gasteiger partial charge in [0, 0.05) is 28.0 Å². The molecule has 1 atom stereocenters. The third-order valence-corrected chi connectivity index (χ3v) is 9.26. The smallest absolute Gasteiger partial charge is 0.387 e. The molecule has 38 heavy (non-hydrogen) atoms. The van der Waals surface area contributed by atoms with Gasteiger partial charge in [-0.25, -0.2) is 4.39 Å². The lowest BCUT2D eigenvalue weighted by Gasteiger charge is -2.30. The summed E-state index contributed by atoms with van der Waals surface area (Å²) in [6.07, 6.45) is 0.446. The van der Waals surface area contributed by atoms with Gasteiger partial charge in [-0.05, 0) is 83.4 Å².